The Balaban J connectivity index is 2.18. The molecule has 0 unspecified atom stereocenters. The number of rotatable bonds is 10. The zero-order chi connectivity index (χ0) is 21.4. The van der Waals surface area contributed by atoms with Crippen molar-refractivity contribution in [3.8, 4) is 5.75 Å². The van der Waals surface area contributed by atoms with E-state index >= 15 is 0 Å². The number of carbonyl (C=O) groups is 1. The molecule has 0 aliphatic heterocycles. The summed E-state index contributed by atoms with van der Waals surface area (Å²) in [6, 6.07) is 11.5. The quantitative estimate of drug-likeness (QED) is 0.488. The van der Waals surface area contributed by atoms with E-state index in [1.165, 1.54) is 16.4 Å². The Labute approximate surface area is 181 Å². The molecule has 0 bridgehead atoms. The molecule has 29 heavy (non-hydrogen) atoms. The lowest BCUT2D eigenvalue weighted by atomic mass is 10.2. The van der Waals surface area contributed by atoms with E-state index in [1.54, 1.807) is 38.1 Å². The van der Waals surface area contributed by atoms with Crippen LogP contribution in [0.5, 0.6) is 5.75 Å². The minimum atomic E-state index is -3.53. The average molecular weight is 483 g/mol. The first kappa shape index (κ1) is 23.4. The Hall–Kier alpha value is -1.90. The van der Waals surface area contributed by atoms with Crippen molar-refractivity contribution in [1.29, 1.82) is 0 Å². The molecule has 8 heteroatoms. The summed E-state index contributed by atoms with van der Waals surface area (Å²) in [5.74, 6) is 0.192. The number of hydrogen-bond donors (Lipinski definition) is 1. The van der Waals surface area contributed by atoms with E-state index in [0.29, 0.717) is 36.7 Å². The fourth-order valence-electron chi connectivity index (χ4n) is 2.75. The third-order valence-electron chi connectivity index (χ3n) is 4.40. The van der Waals surface area contributed by atoms with Gasteiger partial charge in [-0.25, -0.2) is 8.42 Å². The van der Waals surface area contributed by atoms with Crippen molar-refractivity contribution in [2.45, 2.75) is 38.5 Å². The van der Waals surface area contributed by atoms with Crippen LogP contribution in [0.3, 0.4) is 0 Å². The van der Waals surface area contributed by atoms with Gasteiger partial charge in [-0.1, -0.05) is 43.1 Å². The van der Waals surface area contributed by atoms with Crippen LogP contribution in [0, 0.1) is 0 Å². The number of halogens is 1. The second kappa shape index (κ2) is 10.8. The van der Waals surface area contributed by atoms with E-state index in [9.17, 15) is 13.2 Å². The van der Waals surface area contributed by atoms with Crippen molar-refractivity contribution in [2.75, 3.05) is 25.0 Å². The number of anilines is 1. The second-order valence-electron chi connectivity index (χ2n) is 6.41. The van der Waals surface area contributed by atoms with E-state index in [2.05, 4.69) is 28.2 Å². The minimum absolute atomic E-state index is 0.199. The summed E-state index contributed by atoms with van der Waals surface area (Å²) >= 11 is 3.38. The molecule has 0 aliphatic rings. The molecule has 0 atom stereocenters. The highest BCUT2D eigenvalue weighted by molar-refractivity contribution is 9.10. The molecule has 0 saturated heterocycles. The van der Waals surface area contributed by atoms with Gasteiger partial charge in [-0.05, 0) is 48.9 Å². The van der Waals surface area contributed by atoms with Crippen molar-refractivity contribution >= 4 is 37.5 Å². The molecule has 2 aromatic carbocycles. The van der Waals surface area contributed by atoms with Gasteiger partial charge in [-0.15, -0.1) is 0 Å². The molecule has 1 amide bonds. The number of carbonyl (C=O) groups excluding carboxylic acids is 1. The van der Waals surface area contributed by atoms with Crippen molar-refractivity contribution in [3.05, 3.63) is 52.5 Å². The van der Waals surface area contributed by atoms with Gasteiger partial charge in [0.1, 0.15) is 5.75 Å². The van der Waals surface area contributed by atoms with E-state index in [0.717, 1.165) is 17.3 Å². The third-order valence-corrected chi connectivity index (χ3v) is 6.95. The van der Waals surface area contributed by atoms with Crippen LogP contribution < -0.4 is 10.1 Å². The molecular weight excluding hydrogens is 456 g/mol. The Morgan fingerprint density at radius 2 is 1.72 bits per heavy atom. The SMILES string of the molecule is CCCCOc1ccc(Br)cc1C(=O)Nc1ccc(S(=O)(=O)N(CC)CC)cc1. The summed E-state index contributed by atoms with van der Waals surface area (Å²) in [5.41, 5.74) is 0.920. The number of unbranched alkanes of at least 4 members (excludes halogenated alkanes) is 1. The second-order valence-corrected chi connectivity index (χ2v) is 9.26. The van der Waals surface area contributed by atoms with Crippen LogP contribution in [0.1, 0.15) is 44.0 Å². The van der Waals surface area contributed by atoms with Crippen molar-refractivity contribution in [1.82, 2.24) is 4.31 Å². The smallest absolute Gasteiger partial charge is 0.259 e. The van der Waals surface area contributed by atoms with Gasteiger partial charge in [-0.3, -0.25) is 4.79 Å². The van der Waals surface area contributed by atoms with Gasteiger partial charge >= 0.3 is 0 Å². The van der Waals surface area contributed by atoms with Crippen LogP contribution >= 0.6 is 15.9 Å². The lowest BCUT2D eigenvalue weighted by molar-refractivity contribution is 0.102. The average Bonchev–Trinajstić information content (AvgIpc) is 2.70. The van der Waals surface area contributed by atoms with E-state index in [1.807, 2.05) is 6.07 Å². The van der Waals surface area contributed by atoms with Gasteiger partial charge < -0.3 is 10.1 Å². The summed E-state index contributed by atoms with van der Waals surface area (Å²) in [5, 5.41) is 2.80. The summed E-state index contributed by atoms with van der Waals surface area (Å²) < 4.78 is 33.0. The van der Waals surface area contributed by atoms with E-state index in [4.69, 9.17) is 4.74 Å². The molecule has 2 aromatic rings. The van der Waals surface area contributed by atoms with Gasteiger partial charge in [0.25, 0.3) is 5.91 Å². The van der Waals surface area contributed by atoms with Crippen molar-refractivity contribution in [3.63, 3.8) is 0 Å². The third kappa shape index (κ3) is 6.04. The first-order chi connectivity index (χ1) is 13.8. The number of nitrogens with zero attached hydrogens (tertiary/aromatic N) is 1. The Morgan fingerprint density at radius 3 is 2.31 bits per heavy atom. The lowest BCUT2D eigenvalue weighted by Crippen LogP contribution is -2.30. The summed E-state index contributed by atoms with van der Waals surface area (Å²) in [7, 11) is -3.53. The summed E-state index contributed by atoms with van der Waals surface area (Å²) in [4.78, 5) is 13.0. The summed E-state index contributed by atoms with van der Waals surface area (Å²) in [6.45, 7) is 7.02. The van der Waals surface area contributed by atoms with Crippen LogP contribution in [-0.2, 0) is 10.0 Å². The molecule has 6 nitrogen and oxygen atoms in total. The molecule has 2 rings (SSSR count). The molecular formula is C21H27BrN2O4S. The van der Waals surface area contributed by atoms with Gasteiger partial charge in [0, 0.05) is 23.2 Å². The van der Waals surface area contributed by atoms with Gasteiger partial charge in [-0.2, -0.15) is 4.31 Å². The normalized spacial score (nSPS) is 11.5. The van der Waals surface area contributed by atoms with Crippen molar-refractivity contribution < 1.29 is 17.9 Å². The number of amides is 1. The van der Waals surface area contributed by atoms with Gasteiger partial charge in [0.2, 0.25) is 10.0 Å². The number of benzene rings is 2. The van der Waals surface area contributed by atoms with E-state index < -0.39 is 10.0 Å². The van der Waals surface area contributed by atoms with Crippen molar-refractivity contribution in [2.24, 2.45) is 0 Å². The number of hydrogen-bond acceptors (Lipinski definition) is 4. The first-order valence-electron chi connectivity index (χ1n) is 9.67. The van der Waals surface area contributed by atoms with Crippen LogP contribution in [0.25, 0.3) is 0 Å². The monoisotopic (exact) mass is 482 g/mol. The highest BCUT2D eigenvalue weighted by Gasteiger charge is 2.21. The Kier molecular flexibility index (Phi) is 8.67. The maximum atomic E-state index is 12.8. The topological polar surface area (TPSA) is 75.7 Å². The molecule has 1 N–H and O–H groups in total. The fourth-order valence-corrected chi connectivity index (χ4v) is 4.57. The number of ether oxygens (including phenoxy) is 1. The zero-order valence-corrected chi connectivity index (χ0v) is 19.3. The summed E-state index contributed by atoms with van der Waals surface area (Å²) in [6.07, 6.45) is 1.90. The lowest BCUT2D eigenvalue weighted by Gasteiger charge is -2.18. The van der Waals surface area contributed by atoms with Crippen LogP contribution in [-0.4, -0.2) is 38.3 Å². The number of nitrogens with one attached hydrogen (secondary N) is 1. The molecule has 0 heterocycles. The first-order valence-corrected chi connectivity index (χ1v) is 11.9. The van der Waals surface area contributed by atoms with Gasteiger partial charge in [0.05, 0.1) is 17.1 Å². The molecule has 0 saturated carbocycles. The van der Waals surface area contributed by atoms with Gasteiger partial charge in [0.15, 0.2) is 0 Å². The number of sulfonamides is 1. The maximum absolute atomic E-state index is 12.8. The zero-order valence-electron chi connectivity index (χ0n) is 16.9. The predicted molar refractivity (Wildman–Crippen MR) is 119 cm³/mol. The molecule has 0 aromatic heterocycles. The fraction of sp³-hybridized carbons (Fsp3) is 0.381. The van der Waals surface area contributed by atoms with Crippen LogP contribution in [0.4, 0.5) is 5.69 Å². The predicted octanol–water partition coefficient (Wildman–Crippen LogP) is 4.91. The molecule has 0 spiro atoms. The highest BCUT2D eigenvalue weighted by Crippen LogP contribution is 2.25. The van der Waals surface area contributed by atoms with Crippen LogP contribution in [0.2, 0.25) is 0 Å². The highest BCUT2D eigenvalue weighted by atomic mass is 79.9. The Morgan fingerprint density at radius 1 is 1.07 bits per heavy atom. The molecule has 158 valence electrons. The molecule has 0 radical (unpaired) electrons. The van der Waals surface area contributed by atoms with E-state index in [-0.39, 0.29) is 10.8 Å². The van der Waals surface area contributed by atoms with Crippen LogP contribution in [0.15, 0.2) is 51.8 Å². The Bertz CT molecular complexity index is 926. The molecule has 0 aliphatic carbocycles. The largest absolute Gasteiger partial charge is 0.493 e. The minimum Gasteiger partial charge on any atom is -0.493 e. The molecule has 0 fully saturated rings. The standard InChI is InChI=1S/C21H27BrN2O4S/c1-4-7-14-28-20-13-8-16(22)15-19(20)21(25)23-17-9-11-18(12-10-17)29(26,27)24(5-2)6-3/h8-13,15H,4-7,14H2,1-3H3,(H,23,25). The maximum Gasteiger partial charge on any atom is 0.259 e.